The minimum atomic E-state index is 0. The van der Waals surface area contributed by atoms with Gasteiger partial charge < -0.3 is 0 Å². The van der Waals surface area contributed by atoms with E-state index in [1.54, 1.807) is 0 Å². The van der Waals surface area contributed by atoms with Gasteiger partial charge in [-0.15, -0.1) is 0 Å². The molecule has 0 aliphatic heterocycles. The van der Waals surface area contributed by atoms with Crippen LogP contribution >= 0.6 is 0 Å². The van der Waals surface area contributed by atoms with E-state index in [4.69, 9.17) is 0 Å². The summed E-state index contributed by atoms with van der Waals surface area (Å²) < 4.78 is 0. The number of rotatable bonds is 4. The molecule has 0 saturated carbocycles. The van der Waals surface area contributed by atoms with E-state index >= 15 is 0 Å². The van der Waals surface area contributed by atoms with Gasteiger partial charge in [0.15, 0.2) is 0 Å². The van der Waals surface area contributed by atoms with Gasteiger partial charge in [-0.2, -0.15) is 0 Å². The van der Waals surface area contributed by atoms with Crippen molar-refractivity contribution < 1.29 is 0 Å². The first-order valence-electron chi connectivity index (χ1n) is 4.22. The van der Waals surface area contributed by atoms with E-state index < -0.39 is 0 Å². The average Bonchev–Trinajstić information content (AvgIpc) is 1.87. The van der Waals surface area contributed by atoms with Crippen LogP contribution in [0.5, 0.6) is 0 Å². The molecule has 0 amide bonds. The van der Waals surface area contributed by atoms with Crippen LogP contribution in [-0.2, 0) is 0 Å². The maximum absolute atomic E-state index is 2.36. The molecule has 10 heavy (non-hydrogen) atoms. The standard InChI is InChI=1S/C9H20.CH4/c1-5-7-9(4)8(3)6-2;/h8-9H,5-7H2,1-4H3;1H4/t8-,9+;/m1./s1. The average molecular weight is 144 g/mol. The third-order valence-corrected chi connectivity index (χ3v) is 2.36. The van der Waals surface area contributed by atoms with Crippen molar-refractivity contribution in [1.82, 2.24) is 0 Å². The second-order valence-electron chi connectivity index (χ2n) is 3.15. The van der Waals surface area contributed by atoms with Crippen molar-refractivity contribution in [3.63, 3.8) is 0 Å². The molecule has 0 heterocycles. The van der Waals surface area contributed by atoms with Crippen molar-refractivity contribution in [3.05, 3.63) is 0 Å². The van der Waals surface area contributed by atoms with Crippen molar-refractivity contribution >= 4 is 0 Å². The molecule has 0 aliphatic rings. The fraction of sp³-hybridized carbons (Fsp3) is 1.00. The van der Waals surface area contributed by atoms with E-state index in [2.05, 4.69) is 27.7 Å². The van der Waals surface area contributed by atoms with E-state index in [0.717, 1.165) is 11.8 Å². The molecule has 0 fully saturated rings. The van der Waals surface area contributed by atoms with Crippen molar-refractivity contribution in [1.29, 1.82) is 0 Å². The van der Waals surface area contributed by atoms with Crippen molar-refractivity contribution in [2.75, 3.05) is 0 Å². The largest absolute Gasteiger partial charge is 0.0776 e. The monoisotopic (exact) mass is 144 g/mol. The minimum Gasteiger partial charge on any atom is -0.0776 e. The van der Waals surface area contributed by atoms with Gasteiger partial charge in [0.2, 0.25) is 0 Å². The van der Waals surface area contributed by atoms with E-state index in [0.29, 0.717) is 0 Å². The highest BCUT2D eigenvalue weighted by Crippen LogP contribution is 2.18. The molecule has 0 spiro atoms. The molecule has 0 rings (SSSR count). The molecular weight excluding hydrogens is 120 g/mol. The van der Waals surface area contributed by atoms with Gasteiger partial charge in [0.25, 0.3) is 0 Å². The summed E-state index contributed by atoms with van der Waals surface area (Å²) in [7, 11) is 0. The van der Waals surface area contributed by atoms with Gasteiger partial charge in [0.05, 0.1) is 0 Å². The summed E-state index contributed by atoms with van der Waals surface area (Å²) in [6.07, 6.45) is 4.07. The Labute approximate surface area is 67.0 Å². The zero-order valence-electron chi connectivity index (χ0n) is 7.28. The van der Waals surface area contributed by atoms with Crippen molar-refractivity contribution in [2.24, 2.45) is 11.8 Å². The van der Waals surface area contributed by atoms with Crippen LogP contribution in [0.4, 0.5) is 0 Å². The first-order chi connectivity index (χ1) is 4.22. The van der Waals surface area contributed by atoms with Gasteiger partial charge in [-0.25, -0.2) is 0 Å². The molecule has 2 atom stereocenters. The Morgan fingerprint density at radius 3 is 1.80 bits per heavy atom. The fourth-order valence-corrected chi connectivity index (χ4v) is 1.14. The molecule has 0 aromatic rings. The maximum atomic E-state index is 2.36. The zero-order chi connectivity index (χ0) is 7.28. The lowest BCUT2D eigenvalue weighted by atomic mass is 9.90. The predicted molar refractivity (Wildman–Crippen MR) is 50.3 cm³/mol. The lowest BCUT2D eigenvalue weighted by molar-refractivity contribution is 0.352. The van der Waals surface area contributed by atoms with E-state index in [1.807, 2.05) is 0 Å². The molecule has 0 bridgehead atoms. The van der Waals surface area contributed by atoms with Crippen molar-refractivity contribution in [3.8, 4) is 0 Å². The predicted octanol–water partition coefficient (Wildman–Crippen LogP) is 4.10. The van der Waals surface area contributed by atoms with Gasteiger partial charge >= 0.3 is 0 Å². The Balaban J connectivity index is 0. The van der Waals surface area contributed by atoms with Gasteiger partial charge in [-0.3, -0.25) is 0 Å². The van der Waals surface area contributed by atoms with E-state index in [-0.39, 0.29) is 7.43 Å². The van der Waals surface area contributed by atoms with Crippen LogP contribution in [-0.4, -0.2) is 0 Å². The number of hydrogen-bond acceptors (Lipinski definition) is 0. The van der Waals surface area contributed by atoms with E-state index in [9.17, 15) is 0 Å². The second-order valence-corrected chi connectivity index (χ2v) is 3.15. The first kappa shape index (κ1) is 12.7. The second kappa shape index (κ2) is 7.11. The molecule has 0 aromatic heterocycles. The topological polar surface area (TPSA) is 0 Å². The smallest absolute Gasteiger partial charge is 0.0417 e. The zero-order valence-corrected chi connectivity index (χ0v) is 7.28. The summed E-state index contributed by atoms with van der Waals surface area (Å²) in [6.45, 7) is 9.24. The molecule has 0 radical (unpaired) electrons. The summed E-state index contributed by atoms with van der Waals surface area (Å²) in [5.74, 6) is 1.85. The maximum Gasteiger partial charge on any atom is -0.0417 e. The Hall–Kier alpha value is 0. The molecule has 64 valence electrons. The summed E-state index contributed by atoms with van der Waals surface area (Å²) in [4.78, 5) is 0. The van der Waals surface area contributed by atoms with Crippen LogP contribution in [0.2, 0.25) is 0 Å². The molecule has 0 saturated heterocycles. The van der Waals surface area contributed by atoms with Gasteiger partial charge in [-0.05, 0) is 11.8 Å². The van der Waals surface area contributed by atoms with Gasteiger partial charge in [-0.1, -0.05) is 54.4 Å². The summed E-state index contributed by atoms with van der Waals surface area (Å²) in [5.41, 5.74) is 0. The normalized spacial score (nSPS) is 15.6. The molecule has 0 aliphatic carbocycles. The van der Waals surface area contributed by atoms with Gasteiger partial charge in [0.1, 0.15) is 0 Å². The summed E-state index contributed by atoms with van der Waals surface area (Å²) in [6, 6.07) is 0. The third kappa shape index (κ3) is 4.84. The molecule has 0 heteroatoms. The van der Waals surface area contributed by atoms with E-state index in [1.165, 1.54) is 19.3 Å². The highest BCUT2D eigenvalue weighted by atomic mass is 14.1. The van der Waals surface area contributed by atoms with Crippen LogP contribution in [0.25, 0.3) is 0 Å². The summed E-state index contributed by atoms with van der Waals surface area (Å²) in [5, 5.41) is 0. The van der Waals surface area contributed by atoms with Crippen LogP contribution in [0.1, 0.15) is 54.4 Å². The Kier molecular flexibility index (Phi) is 9.00. The lowest BCUT2D eigenvalue weighted by Gasteiger charge is -2.16. The summed E-state index contributed by atoms with van der Waals surface area (Å²) >= 11 is 0. The fourth-order valence-electron chi connectivity index (χ4n) is 1.14. The Bertz CT molecular complexity index is 57.1. The molecular formula is C10H24. The molecule has 0 unspecified atom stereocenters. The first-order valence-corrected chi connectivity index (χ1v) is 4.22. The highest BCUT2D eigenvalue weighted by molar-refractivity contribution is 4.58. The SMILES string of the molecule is C.CCC[C@H](C)[C@H](C)CC. The third-order valence-electron chi connectivity index (χ3n) is 2.36. The number of hydrogen-bond donors (Lipinski definition) is 0. The van der Waals surface area contributed by atoms with Gasteiger partial charge in [0, 0.05) is 0 Å². The quantitative estimate of drug-likeness (QED) is 0.557. The molecule has 0 aromatic carbocycles. The molecule has 0 nitrogen and oxygen atoms in total. The molecule has 0 N–H and O–H groups in total. The van der Waals surface area contributed by atoms with Crippen molar-refractivity contribution in [2.45, 2.75) is 54.4 Å². The van der Waals surface area contributed by atoms with Crippen LogP contribution in [0.15, 0.2) is 0 Å². The van der Waals surface area contributed by atoms with Crippen LogP contribution in [0, 0.1) is 11.8 Å². The Morgan fingerprint density at radius 1 is 1.00 bits per heavy atom. The lowest BCUT2D eigenvalue weighted by Crippen LogP contribution is -2.05. The minimum absolute atomic E-state index is 0. The Morgan fingerprint density at radius 2 is 1.50 bits per heavy atom. The van der Waals surface area contributed by atoms with Crippen LogP contribution in [0.3, 0.4) is 0 Å². The highest BCUT2D eigenvalue weighted by Gasteiger charge is 2.07. The van der Waals surface area contributed by atoms with Crippen LogP contribution < -0.4 is 0 Å².